The summed E-state index contributed by atoms with van der Waals surface area (Å²) in [6.45, 7) is 2.76. The predicted octanol–water partition coefficient (Wildman–Crippen LogP) is 6.16. The minimum Gasteiger partial charge on any atom is -0.461 e. The monoisotopic (exact) mass is 800 g/mol. The molecule has 0 unspecified atom stereocenters. The topological polar surface area (TPSA) is 146 Å². The van der Waals surface area contributed by atoms with E-state index in [9.17, 15) is 9.59 Å². The summed E-state index contributed by atoms with van der Waals surface area (Å²) in [5, 5.41) is 0. The number of nitrogens with zero attached hydrogens (tertiary/aromatic N) is 10. The molecule has 0 saturated carbocycles. The van der Waals surface area contributed by atoms with Crippen molar-refractivity contribution in [2.45, 2.75) is 52.4 Å². The van der Waals surface area contributed by atoms with Crippen LogP contribution >= 0.6 is 0 Å². The van der Waals surface area contributed by atoms with E-state index in [4.69, 9.17) is 19.4 Å². The highest BCUT2D eigenvalue weighted by molar-refractivity contribution is 5.80. The van der Waals surface area contributed by atoms with Crippen LogP contribution in [-0.2, 0) is 71.4 Å². The highest BCUT2D eigenvalue weighted by Gasteiger charge is 2.21. The Morgan fingerprint density at radius 3 is 1.10 bits per heavy atom. The first-order valence-electron chi connectivity index (χ1n) is 19.8. The van der Waals surface area contributed by atoms with Crippen molar-refractivity contribution in [1.82, 2.24) is 48.8 Å². The molecule has 6 aromatic heterocycles. The van der Waals surface area contributed by atoms with Gasteiger partial charge < -0.3 is 18.6 Å². The van der Waals surface area contributed by atoms with E-state index in [1.54, 1.807) is 24.8 Å². The van der Waals surface area contributed by atoms with Crippen molar-refractivity contribution in [3.05, 3.63) is 181 Å². The number of carbonyl (C=O) groups is 2. The minimum atomic E-state index is -0.472. The number of aromatic nitrogens is 8. The summed E-state index contributed by atoms with van der Waals surface area (Å²) in [5.41, 5.74) is 6.80. The van der Waals surface area contributed by atoms with Crippen LogP contribution in [0.3, 0.4) is 0 Å². The van der Waals surface area contributed by atoms with Crippen LogP contribution in [0.5, 0.6) is 0 Å². The SMILES string of the molecule is O=C(Cn1c(CN(Cc2ccccn2)Cc2ccccn2)nc2ccccc21)OCCOC(=O)Cn1c(CN(Cc2ccccn2)Cc2ccccn2)nc2ccccc21. The van der Waals surface area contributed by atoms with Gasteiger partial charge >= 0.3 is 11.9 Å². The number of fused-ring (bicyclic) bond motifs is 2. The van der Waals surface area contributed by atoms with Crippen molar-refractivity contribution in [3.63, 3.8) is 0 Å². The van der Waals surface area contributed by atoms with Gasteiger partial charge in [-0.2, -0.15) is 0 Å². The molecule has 0 aliphatic carbocycles. The van der Waals surface area contributed by atoms with Crippen molar-refractivity contribution in [2.24, 2.45) is 0 Å². The van der Waals surface area contributed by atoms with Gasteiger partial charge in [-0.1, -0.05) is 48.5 Å². The summed E-state index contributed by atoms with van der Waals surface area (Å²) in [4.78, 5) is 59.1. The minimum absolute atomic E-state index is 0.0668. The fraction of sp³-hybridized carbons (Fsp3) is 0.217. The number of ether oxygens (including phenoxy) is 2. The van der Waals surface area contributed by atoms with E-state index in [-0.39, 0.29) is 26.3 Å². The molecule has 0 radical (unpaired) electrons. The van der Waals surface area contributed by atoms with Crippen molar-refractivity contribution < 1.29 is 19.1 Å². The number of carbonyl (C=O) groups excluding carboxylic acids is 2. The number of esters is 2. The number of pyridine rings is 4. The van der Waals surface area contributed by atoms with E-state index in [0.29, 0.717) is 50.9 Å². The standard InChI is InChI=1S/C46H44N10O4/c57-45(33-55-41-19-3-1-17-39(41)51-43(55)31-53(27-35-13-5-9-21-47-35)28-36-14-6-10-22-48-36)59-25-26-60-46(58)34-56-42-20-4-2-18-40(42)52-44(56)32-54(29-37-15-7-11-23-49-37)30-38-16-8-12-24-50-38/h1-24H,25-34H2. The molecule has 2 aromatic carbocycles. The van der Waals surface area contributed by atoms with Gasteiger partial charge in [-0.15, -0.1) is 0 Å². The van der Waals surface area contributed by atoms with Crippen LogP contribution in [0.1, 0.15) is 34.4 Å². The maximum absolute atomic E-state index is 13.4. The van der Waals surface area contributed by atoms with Crippen LogP contribution in [0, 0.1) is 0 Å². The zero-order valence-corrected chi connectivity index (χ0v) is 33.0. The molecule has 302 valence electrons. The second kappa shape index (κ2) is 19.5. The number of imidazole rings is 2. The smallest absolute Gasteiger partial charge is 0.326 e. The van der Waals surface area contributed by atoms with E-state index in [0.717, 1.165) is 44.8 Å². The molecule has 0 N–H and O–H groups in total. The first-order valence-corrected chi connectivity index (χ1v) is 19.8. The van der Waals surface area contributed by atoms with E-state index in [1.165, 1.54) is 0 Å². The number of hydrogen-bond donors (Lipinski definition) is 0. The third-order valence-electron chi connectivity index (χ3n) is 9.83. The van der Waals surface area contributed by atoms with Gasteiger partial charge in [0.25, 0.3) is 0 Å². The van der Waals surface area contributed by atoms with Gasteiger partial charge in [0, 0.05) is 51.0 Å². The molecule has 0 fully saturated rings. The molecule has 0 aliphatic heterocycles. The lowest BCUT2D eigenvalue weighted by Crippen LogP contribution is -2.27. The van der Waals surface area contributed by atoms with Crippen molar-refractivity contribution in [2.75, 3.05) is 13.2 Å². The molecule has 6 heterocycles. The van der Waals surface area contributed by atoms with Gasteiger partial charge in [-0.3, -0.25) is 39.3 Å². The van der Waals surface area contributed by atoms with Gasteiger partial charge in [-0.25, -0.2) is 9.97 Å². The molecule has 8 aromatic rings. The summed E-state index contributed by atoms with van der Waals surface area (Å²) in [6, 6.07) is 38.8. The molecule has 0 saturated heterocycles. The average Bonchev–Trinajstić information content (AvgIpc) is 3.79. The van der Waals surface area contributed by atoms with Crippen molar-refractivity contribution in [3.8, 4) is 0 Å². The summed E-state index contributed by atoms with van der Waals surface area (Å²) < 4.78 is 15.0. The fourth-order valence-corrected chi connectivity index (χ4v) is 7.12. The normalized spacial score (nSPS) is 11.4. The third-order valence-corrected chi connectivity index (χ3v) is 9.83. The summed E-state index contributed by atoms with van der Waals surface area (Å²) in [5.74, 6) is 0.461. The van der Waals surface area contributed by atoms with Crippen molar-refractivity contribution in [1.29, 1.82) is 0 Å². The van der Waals surface area contributed by atoms with E-state index < -0.39 is 11.9 Å². The van der Waals surface area contributed by atoms with Gasteiger partial charge in [0.15, 0.2) is 0 Å². The Morgan fingerprint density at radius 1 is 0.433 bits per heavy atom. The van der Waals surface area contributed by atoms with Crippen molar-refractivity contribution >= 4 is 34.0 Å². The van der Waals surface area contributed by atoms with E-state index in [2.05, 4.69) is 29.7 Å². The Kier molecular flexibility index (Phi) is 12.9. The molecule has 8 rings (SSSR count). The fourth-order valence-electron chi connectivity index (χ4n) is 7.12. The third kappa shape index (κ3) is 10.5. The van der Waals surface area contributed by atoms with Crippen LogP contribution in [0.2, 0.25) is 0 Å². The summed E-state index contributed by atoms with van der Waals surface area (Å²) >= 11 is 0. The molecular weight excluding hydrogens is 757 g/mol. The zero-order valence-electron chi connectivity index (χ0n) is 33.0. The summed E-state index contributed by atoms with van der Waals surface area (Å²) in [7, 11) is 0. The molecule has 14 heteroatoms. The second-order valence-electron chi connectivity index (χ2n) is 14.2. The van der Waals surface area contributed by atoms with Gasteiger partial charge in [0.05, 0.1) is 57.9 Å². The maximum atomic E-state index is 13.4. The highest BCUT2D eigenvalue weighted by atomic mass is 16.6. The van der Waals surface area contributed by atoms with Crippen LogP contribution in [0.15, 0.2) is 146 Å². The van der Waals surface area contributed by atoms with Gasteiger partial charge in [0.2, 0.25) is 0 Å². The number of hydrogen-bond acceptors (Lipinski definition) is 12. The molecular formula is C46H44N10O4. The Morgan fingerprint density at radius 2 is 0.767 bits per heavy atom. The Balaban J connectivity index is 0.908. The number of benzene rings is 2. The lowest BCUT2D eigenvalue weighted by Gasteiger charge is -2.22. The first kappa shape index (κ1) is 39.7. The number of rotatable bonds is 19. The molecule has 0 atom stereocenters. The Bertz CT molecular complexity index is 2360. The maximum Gasteiger partial charge on any atom is 0.326 e. The Labute approximate surface area is 347 Å². The lowest BCUT2D eigenvalue weighted by molar-refractivity contribution is -0.153. The average molecular weight is 801 g/mol. The van der Waals surface area contributed by atoms with Gasteiger partial charge in [0.1, 0.15) is 38.0 Å². The summed E-state index contributed by atoms with van der Waals surface area (Å²) in [6.07, 6.45) is 7.11. The number of para-hydroxylation sites is 4. The molecule has 0 spiro atoms. The zero-order chi connectivity index (χ0) is 40.9. The molecule has 0 amide bonds. The van der Waals surface area contributed by atoms with Crippen LogP contribution in [-0.4, -0.2) is 74.0 Å². The predicted molar refractivity (Wildman–Crippen MR) is 224 cm³/mol. The van der Waals surface area contributed by atoms with Gasteiger partial charge in [-0.05, 0) is 72.8 Å². The second-order valence-corrected chi connectivity index (χ2v) is 14.2. The molecule has 0 aliphatic rings. The van der Waals surface area contributed by atoms with Crippen LogP contribution in [0.25, 0.3) is 22.1 Å². The van der Waals surface area contributed by atoms with E-state index in [1.807, 2.05) is 130 Å². The molecule has 14 nitrogen and oxygen atoms in total. The van der Waals surface area contributed by atoms with Crippen LogP contribution < -0.4 is 0 Å². The lowest BCUT2D eigenvalue weighted by atomic mass is 10.2. The first-order chi connectivity index (χ1) is 29.5. The quantitative estimate of drug-likeness (QED) is 0.0682. The van der Waals surface area contributed by atoms with Crippen LogP contribution in [0.4, 0.5) is 0 Å². The molecule has 0 bridgehead atoms. The molecule has 60 heavy (non-hydrogen) atoms. The highest BCUT2D eigenvalue weighted by Crippen LogP contribution is 2.21. The van der Waals surface area contributed by atoms with E-state index >= 15 is 0 Å². The largest absolute Gasteiger partial charge is 0.461 e. The Hall–Kier alpha value is -7.16.